The Morgan fingerprint density at radius 2 is 2.15 bits per heavy atom. The number of carbonyl (C=O) groups excluding carboxylic acids is 2. The third kappa shape index (κ3) is 4.14. The summed E-state index contributed by atoms with van der Waals surface area (Å²) in [6.07, 6.45) is 1.99. The summed E-state index contributed by atoms with van der Waals surface area (Å²) in [6.45, 7) is 3.84. The highest BCUT2D eigenvalue weighted by Gasteiger charge is 2.24. The van der Waals surface area contributed by atoms with Crippen LogP contribution in [0.15, 0.2) is 29.6 Å². The highest BCUT2D eigenvalue weighted by Crippen LogP contribution is 2.27. The van der Waals surface area contributed by atoms with E-state index in [0.717, 1.165) is 18.5 Å². The molecular weight excluding hydrogens is 348 g/mol. The number of fused-ring (bicyclic) bond motifs is 1. The number of carbonyl (C=O) groups is 2. The third-order valence-corrected chi connectivity index (χ3v) is 5.71. The highest BCUT2D eigenvalue weighted by atomic mass is 32.1. The molecule has 1 aliphatic rings. The molecule has 0 atom stereocenters. The second kappa shape index (κ2) is 8.47. The van der Waals surface area contributed by atoms with Crippen LogP contribution in [-0.4, -0.2) is 37.0 Å². The summed E-state index contributed by atoms with van der Waals surface area (Å²) in [6, 6.07) is 7.60. The summed E-state index contributed by atoms with van der Waals surface area (Å²) in [5, 5.41) is 5.00. The van der Waals surface area contributed by atoms with Gasteiger partial charge in [0.1, 0.15) is 0 Å². The number of methoxy groups -OCH3 is 1. The van der Waals surface area contributed by atoms with Crippen molar-refractivity contribution >= 4 is 28.8 Å². The Balaban J connectivity index is 1.70. The lowest BCUT2D eigenvalue weighted by Crippen LogP contribution is -2.35. The minimum atomic E-state index is -0.0596. The van der Waals surface area contributed by atoms with Crippen LogP contribution < -0.4 is 5.32 Å². The molecule has 2 amide bonds. The number of rotatable bonds is 6. The monoisotopic (exact) mass is 372 g/mol. The van der Waals surface area contributed by atoms with Crippen LogP contribution in [-0.2, 0) is 22.5 Å². The van der Waals surface area contributed by atoms with Gasteiger partial charge in [0, 0.05) is 49.4 Å². The number of nitrogens with one attached hydrogen (secondary N) is 1. The average molecular weight is 372 g/mol. The maximum Gasteiger partial charge on any atom is 0.254 e. The van der Waals surface area contributed by atoms with Crippen LogP contribution >= 0.6 is 11.3 Å². The smallest absolute Gasteiger partial charge is 0.254 e. The first-order valence-corrected chi connectivity index (χ1v) is 9.71. The van der Waals surface area contributed by atoms with Gasteiger partial charge in [0.15, 0.2) is 0 Å². The molecule has 1 aliphatic heterocycles. The molecule has 3 rings (SSSR count). The van der Waals surface area contributed by atoms with E-state index in [0.29, 0.717) is 37.2 Å². The van der Waals surface area contributed by atoms with Crippen LogP contribution in [0.4, 0.5) is 5.69 Å². The van der Waals surface area contributed by atoms with Crippen LogP contribution in [0.1, 0.15) is 39.2 Å². The number of nitrogens with zero attached hydrogens (tertiary/aromatic N) is 1. The van der Waals surface area contributed by atoms with Crippen molar-refractivity contribution in [1.82, 2.24) is 4.90 Å². The van der Waals surface area contributed by atoms with Crippen molar-refractivity contribution in [3.63, 3.8) is 0 Å². The molecule has 0 saturated carbocycles. The Kier molecular flexibility index (Phi) is 6.06. The van der Waals surface area contributed by atoms with Crippen molar-refractivity contribution in [3.05, 3.63) is 51.2 Å². The number of benzene rings is 1. The fourth-order valence-electron chi connectivity index (χ4n) is 3.18. The van der Waals surface area contributed by atoms with Crippen LogP contribution in [0.5, 0.6) is 0 Å². The van der Waals surface area contributed by atoms with Crippen LogP contribution in [0, 0.1) is 6.92 Å². The molecule has 0 radical (unpaired) electrons. The summed E-state index contributed by atoms with van der Waals surface area (Å²) < 4.78 is 4.97. The van der Waals surface area contributed by atoms with E-state index in [-0.39, 0.29) is 11.8 Å². The molecule has 1 N–H and O–H groups in total. The molecule has 26 heavy (non-hydrogen) atoms. The summed E-state index contributed by atoms with van der Waals surface area (Å²) >= 11 is 1.76. The Morgan fingerprint density at radius 3 is 2.96 bits per heavy atom. The van der Waals surface area contributed by atoms with E-state index in [1.54, 1.807) is 18.4 Å². The minimum absolute atomic E-state index is 0.0230. The van der Waals surface area contributed by atoms with E-state index in [4.69, 9.17) is 4.74 Å². The summed E-state index contributed by atoms with van der Waals surface area (Å²) in [5.74, 6) is -0.0366. The summed E-state index contributed by atoms with van der Waals surface area (Å²) in [4.78, 5) is 28.3. The van der Waals surface area contributed by atoms with Crippen molar-refractivity contribution in [2.75, 3.05) is 25.6 Å². The SMILES string of the molecule is COCCCC(=O)Nc1cccc(C(=O)N2CCc3sccc3C2)c1C. The van der Waals surface area contributed by atoms with Crippen molar-refractivity contribution in [1.29, 1.82) is 0 Å². The van der Waals surface area contributed by atoms with Crippen molar-refractivity contribution in [3.8, 4) is 0 Å². The predicted octanol–water partition coefficient (Wildman–Crippen LogP) is 3.62. The summed E-state index contributed by atoms with van der Waals surface area (Å²) in [7, 11) is 1.62. The number of hydrogen-bond acceptors (Lipinski definition) is 4. The van der Waals surface area contributed by atoms with Gasteiger partial charge in [0.2, 0.25) is 5.91 Å². The van der Waals surface area contributed by atoms with E-state index in [1.165, 1.54) is 10.4 Å². The zero-order chi connectivity index (χ0) is 18.5. The van der Waals surface area contributed by atoms with Gasteiger partial charge in [-0.3, -0.25) is 9.59 Å². The molecule has 0 spiro atoms. The number of amides is 2. The number of hydrogen-bond donors (Lipinski definition) is 1. The van der Waals surface area contributed by atoms with Gasteiger partial charge in [-0.25, -0.2) is 0 Å². The molecule has 138 valence electrons. The first kappa shape index (κ1) is 18.6. The Labute approximate surface area is 158 Å². The standard InChI is InChI=1S/C20H24N2O3S/c1-14-16(5-3-6-17(14)21-19(23)7-4-11-25-2)20(24)22-10-8-18-15(13-22)9-12-26-18/h3,5-6,9,12H,4,7-8,10-11,13H2,1-2H3,(H,21,23). The molecular formula is C20H24N2O3S. The largest absolute Gasteiger partial charge is 0.385 e. The first-order valence-electron chi connectivity index (χ1n) is 8.83. The van der Waals surface area contributed by atoms with Gasteiger partial charge in [0.25, 0.3) is 5.91 Å². The Hall–Kier alpha value is -2.18. The van der Waals surface area contributed by atoms with Gasteiger partial charge in [-0.05, 0) is 54.5 Å². The van der Waals surface area contributed by atoms with Crippen molar-refractivity contribution in [2.24, 2.45) is 0 Å². The normalized spacial score (nSPS) is 13.4. The lowest BCUT2D eigenvalue weighted by Gasteiger charge is -2.28. The van der Waals surface area contributed by atoms with Gasteiger partial charge < -0.3 is 15.0 Å². The van der Waals surface area contributed by atoms with Gasteiger partial charge >= 0.3 is 0 Å². The second-order valence-electron chi connectivity index (χ2n) is 6.47. The molecule has 6 heteroatoms. The maximum absolute atomic E-state index is 13.0. The molecule has 0 fully saturated rings. The molecule has 0 unspecified atom stereocenters. The van der Waals surface area contributed by atoms with E-state index >= 15 is 0 Å². The molecule has 0 aliphatic carbocycles. The van der Waals surface area contributed by atoms with E-state index in [2.05, 4.69) is 16.8 Å². The van der Waals surface area contributed by atoms with E-state index in [1.807, 2.05) is 30.0 Å². The van der Waals surface area contributed by atoms with E-state index < -0.39 is 0 Å². The van der Waals surface area contributed by atoms with Gasteiger partial charge in [-0.15, -0.1) is 11.3 Å². The lowest BCUT2D eigenvalue weighted by molar-refractivity contribution is -0.116. The highest BCUT2D eigenvalue weighted by molar-refractivity contribution is 7.10. The first-order chi connectivity index (χ1) is 12.6. The van der Waals surface area contributed by atoms with Gasteiger partial charge in [0.05, 0.1) is 0 Å². The van der Waals surface area contributed by atoms with Crippen LogP contribution in [0.25, 0.3) is 0 Å². The van der Waals surface area contributed by atoms with E-state index in [9.17, 15) is 9.59 Å². The van der Waals surface area contributed by atoms with Crippen molar-refractivity contribution < 1.29 is 14.3 Å². The van der Waals surface area contributed by atoms with Crippen molar-refractivity contribution in [2.45, 2.75) is 32.7 Å². The second-order valence-corrected chi connectivity index (χ2v) is 7.47. The predicted molar refractivity (Wildman–Crippen MR) is 104 cm³/mol. The fourth-order valence-corrected chi connectivity index (χ4v) is 4.07. The molecule has 5 nitrogen and oxygen atoms in total. The number of thiophene rings is 1. The lowest BCUT2D eigenvalue weighted by atomic mass is 10.0. The Bertz CT molecular complexity index is 800. The fraction of sp³-hybridized carbons (Fsp3) is 0.400. The zero-order valence-electron chi connectivity index (χ0n) is 15.2. The maximum atomic E-state index is 13.0. The quantitative estimate of drug-likeness (QED) is 0.788. The molecule has 1 aromatic heterocycles. The molecule has 2 aromatic rings. The third-order valence-electron chi connectivity index (χ3n) is 4.69. The zero-order valence-corrected chi connectivity index (χ0v) is 16.0. The minimum Gasteiger partial charge on any atom is -0.385 e. The molecule has 0 bridgehead atoms. The number of ether oxygens (including phenoxy) is 1. The number of anilines is 1. The molecule has 0 saturated heterocycles. The van der Waals surface area contributed by atoms with Gasteiger partial charge in [-0.2, -0.15) is 0 Å². The Morgan fingerprint density at radius 1 is 1.31 bits per heavy atom. The summed E-state index contributed by atoms with van der Waals surface area (Å²) in [5.41, 5.74) is 3.41. The average Bonchev–Trinajstić information content (AvgIpc) is 3.11. The van der Waals surface area contributed by atoms with Gasteiger partial charge in [-0.1, -0.05) is 6.07 Å². The van der Waals surface area contributed by atoms with Crippen LogP contribution in [0.3, 0.4) is 0 Å². The molecule has 1 aromatic carbocycles. The molecule has 2 heterocycles. The topological polar surface area (TPSA) is 58.6 Å². The van der Waals surface area contributed by atoms with Crippen LogP contribution in [0.2, 0.25) is 0 Å².